The molecule has 4 heterocycles. The van der Waals surface area contributed by atoms with E-state index in [1.807, 2.05) is 71.9 Å². The van der Waals surface area contributed by atoms with Crippen LogP contribution in [0.2, 0.25) is 0 Å². The first-order valence-electron chi connectivity index (χ1n) is 18.6. The molecule has 2 amide bonds. The Labute approximate surface area is 351 Å². The van der Waals surface area contributed by atoms with Crippen LogP contribution in [0.4, 0.5) is 44.0 Å². The molecule has 4 aromatic heterocycles. The maximum atomic E-state index is 12.1. The van der Waals surface area contributed by atoms with Crippen molar-refractivity contribution in [2.75, 3.05) is 27.5 Å². The monoisotopic (exact) mass is 832 g/mol. The first-order chi connectivity index (χ1) is 28.3. The number of nitrogens with zero attached hydrogens (tertiary/aromatic N) is 8. The molecule has 1 atom stereocenters. The van der Waals surface area contributed by atoms with Crippen LogP contribution in [-0.4, -0.2) is 73.7 Å². The first-order valence-corrected chi connectivity index (χ1v) is 20.2. The average molecular weight is 833 g/mol. The predicted octanol–water partition coefficient (Wildman–Crippen LogP) is 8.71. The van der Waals surface area contributed by atoms with Crippen molar-refractivity contribution in [3.63, 3.8) is 0 Å². The van der Waals surface area contributed by atoms with E-state index in [0.29, 0.717) is 39.3 Å². The summed E-state index contributed by atoms with van der Waals surface area (Å²) in [6.07, 6.45) is 9.60. The Morgan fingerprint density at radius 3 is 1.47 bits per heavy atom. The van der Waals surface area contributed by atoms with Crippen LogP contribution in [-0.2, 0) is 20.3 Å². The fourth-order valence-electron chi connectivity index (χ4n) is 5.25. The number of anilines is 6. The molecule has 0 saturated heterocycles. The lowest BCUT2D eigenvalue weighted by molar-refractivity contribution is 0.0624. The average Bonchev–Trinajstić information content (AvgIpc) is 3.17. The molecular weight excluding hydrogens is 785 g/mol. The van der Waals surface area contributed by atoms with Gasteiger partial charge in [-0.25, -0.2) is 49.5 Å². The molecule has 0 bridgehead atoms. The summed E-state index contributed by atoms with van der Waals surface area (Å²) in [6.45, 7) is 16.7. The van der Waals surface area contributed by atoms with Crippen molar-refractivity contribution in [3.05, 3.63) is 103 Å². The van der Waals surface area contributed by atoms with Crippen LogP contribution in [0.5, 0.6) is 0 Å². The summed E-state index contributed by atoms with van der Waals surface area (Å²) in [5.41, 5.74) is 6.99. The Balaban J connectivity index is 0.000000228. The third kappa shape index (κ3) is 13.0. The van der Waals surface area contributed by atoms with Gasteiger partial charge in [0.15, 0.2) is 0 Å². The van der Waals surface area contributed by atoms with Crippen LogP contribution < -0.4 is 21.3 Å². The van der Waals surface area contributed by atoms with Crippen LogP contribution in [0.1, 0.15) is 58.4 Å². The van der Waals surface area contributed by atoms with E-state index in [-0.39, 0.29) is 0 Å². The second-order valence-corrected chi connectivity index (χ2v) is 16.7. The number of amides is 2. The third-order valence-electron chi connectivity index (χ3n) is 7.99. The second-order valence-electron chi connectivity index (χ2n) is 15.4. The van der Waals surface area contributed by atoms with Crippen molar-refractivity contribution in [2.24, 2.45) is 0 Å². The largest absolute Gasteiger partial charge is 0.444 e. The zero-order chi connectivity index (χ0) is 43.6. The number of nitrogens with one attached hydrogen (secondary N) is 4. The quantitative estimate of drug-likeness (QED) is 0.100. The molecule has 0 aliphatic heterocycles. The van der Waals surface area contributed by atoms with Gasteiger partial charge in [-0.05, 0) is 110 Å². The van der Waals surface area contributed by atoms with Gasteiger partial charge in [-0.3, -0.25) is 14.8 Å². The normalized spacial score (nSPS) is 11.6. The first kappa shape index (κ1) is 44.2. The number of hydrogen-bond acceptors (Lipinski definition) is 15. The van der Waals surface area contributed by atoms with E-state index in [4.69, 9.17) is 9.47 Å². The minimum atomic E-state index is -1.24. The minimum Gasteiger partial charge on any atom is -0.444 e. The number of rotatable bonds is 9. The van der Waals surface area contributed by atoms with Crippen molar-refractivity contribution >= 4 is 57.4 Å². The van der Waals surface area contributed by atoms with Gasteiger partial charge in [0.2, 0.25) is 0 Å². The number of aromatic nitrogens is 8. The topological polar surface area (TPSA) is 221 Å². The van der Waals surface area contributed by atoms with Gasteiger partial charge in [-0.1, -0.05) is 12.1 Å². The highest BCUT2D eigenvalue weighted by molar-refractivity contribution is 7.84. The molecule has 18 heteroatoms. The van der Waals surface area contributed by atoms with Crippen LogP contribution in [0, 0.1) is 20.8 Å². The molecule has 0 saturated carbocycles. The molecule has 0 fully saturated rings. The molecule has 6 rings (SSSR count). The molecule has 2 aromatic carbocycles. The Morgan fingerprint density at radius 2 is 1.03 bits per heavy atom. The minimum absolute atomic E-state index is 0.416. The lowest BCUT2D eigenvalue weighted by Gasteiger charge is -2.20. The predicted molar refractivity (Wildman–Crippen MR) is 232 cm³/mol. The van der Waals surface area contributed by atoms with E-state index in [9.17, 15) is 13.8 Å². The summed E-state index contributed by atoms with van der Waals surface area (Å²) in [5.74, 6) is 1.12. The summed E-state index contributed by atoms with van der Waals surface area (Å²) >= 11 is 0. The van der Waals surface area contributed by atoms with Gasteiger partial charge in [0.25, 0.3) is 0 Å². The molecule has 1 unspecified atom stereocenters. The molecule has 17 nitrogen and oxygen atoms in total. The molecule has 4 N–H and O–H groups in total. The van der Waals surface area contributed by atoms with Crippen LogP contribution in [0.15, 0.2) is 91.3 Å². The van der Waals surface area contributed by atoms with Crippen molar-refractivity contribution in [3.8, 4) is 22.5 Å². The lowest BCUT2D eigenvalue weighted by atomic mass is 10.1. The van der Waals surface area contributed by atoms with E-state index in [1.165, 1.54) is 25.3 Å². The number of benzene rings is 2. The second kappa shape index (κ2) is 19.2. The van der Waals surface area contributed by atoms with E-state index >= 15 is 0 Å². The molecule has 0 spiro atoms. The molecular formula is C42H48N12O5S. The van der Waals surface area contributed by atoms with Gasteiger partial charge in [-0.2, -0.15) is 0 Å². The number of carbonyl (C=O) groups is 2. The van der Waals surface area contributed by atoms with Crippen molar-refractivity contribution in [1.29, 1.82) is 0 Å². The van der Waals surface area contributed by atoms with E-state index in [1.54, 1.807) is 57.6 Å². The van der Waals surface area contributed by atoms with Gasteiger partial charge in [0.05, 0.1) is 33.3 Å². The van der Waals surface area contributed by atoms with Crippen molar-refractivity contribution < 1.29 is 23.3 Å². The van der Waals surface area contributed by atoms with Gasteiger partial charge < -0.3 is 20.1 Å². The Morgan fingerprint density at radius 1 is 0.583 bits per heavy atom. The zero-order valence-corrected chi connectivity index (χ0v) is 35.9. The van der Waals surface area contributed by atoms with Gasteiger partial charge in [0, 0.05) is 47.1 Å². The lowest BCUT2D eigenvalue weighted by Crippen LogP contribution is -2.27. The van der Waals surface area contributed by atoms with Crippen LogP contribution >= 0.6 is 0 Å². The van der Waals surface area contributed by atoms with Crippen molar-refractivity contribution in [2.45, 2.75) is 78.5 Å². The Bertz CT molecular complexity index is 2510. The molecule has 0 aliphatic rings. The zero-order valence-electron chi connectivity index (χ0n) is 35.1. The number of aryl methyl sites for hydroxylation is 3. The van der Waals surface area contributed by atoms with Gasteiger partial charge in [0.1, 0.15) is 53.2 Å². The van der Waals surface area contributed by atoms with E-state index in [2.05, 4.69) is 61.1 Å². The Kier molecular flexibility index (Phi) is 14.1. The van der Waals surface area contributed by atoms with Crippen molar-refractivity contribution in [1.82, 2.24) is 39.9 Å². The SMILES string of the molecule is Cc1cc(-c2cncnc2Nc2cc(NC(=O)OC(C)(C)C)ccc2C)ncn1.Cc1ccc(NC(=O)OC(C)(C)C)cc1Nc1ncncc1-c1cc(S(C)=O)ncn1. The number of carbonyl (C=O) groups excluding carboxylic acids is 2. The summed E-state index contributed by atoms with van der Waals surface area (Å²) < 4.78 is 22.4. The standard InChI is InChI=1S/C21H24N6O3S.C21H24N6O2/c1-13-6-7-14(26-20(28)30-21(2,3)4)8-16(13)27-19-15(10-22-11-25-19)17-9-18(31(5)29)24-12-23-17;1-13-6-7-15(26-20(28)29-21(3,4)5)9-17(13)27-19-16(10-22-11-25-19)18-8-14(2)23-12-24-18/h6-12H,1-5H3,(H,26,28)(H,22,25,27);6-12H,1-5H3,(H,26,28)(H,22,25,27). The van der Waals surface area contributed by atoms with E-state index in [0.717, 1.165) is 39.5 Å². The van der Waals surface area contributed by atoms with Gasteiger partial charge >= 0.3 is 12.2 Å². The molecule has 0 aliphatic carbocycles. The fourth-order valence-corrected chi connectivity index (χ4v) is 5.72. The fraction of sp³-hybridized carbons (Fsp3) is 0.286. The highest BCUT2D eigenvalue weighted by atomic mass is 32.2. The highest BCUT2D eigenvalue weighted by Crippen LogP contribution is 2.31. The number of hydrogen-bond donors (Lipinski definition) is 4. The summed E-state index contributed by atoms with van der Waals surface area (Å²) in [5, 5.41) is 12.5. The summed E-state index contributed by atoms with van der Waals surface area (Å²) in [6, 6.07) is 14.5. The number of ether oxygens (including phenoxy) is 2. The molecule has 0 radical (unpaired) electrons. The maximum absolute atomic E-state index is 12.1. The molecule has 60 heavy (non-hydrogen) atoms. The summed E-state index contributed by atoms with van der Waals surface area (Å²) in [7, 11) is -1.24. The Hall–Kier alpha value is -6.95. The van der Waals surface area contributed by atoms with Crippen LogP contribution in [0.25, 0.3) is 22.5 Å². The van der Waals surface area contributed by atoms with Crippen LogP contribution in [0.3, 0.4) is 0 Å². The molecule has 6 aromatic rings. The van der Waals surface area contributed by atoms with Gasteiger partial charge in [-0.15, -0.1) is 0 Å². The third-order valence-corrected chi connectivity index (χ3v) is 8.80. The maximum Gasteiger partial charge on any atom is 0.412 e. The summed E-state index contributed by atoms with van der Waals surface area (Å²) in [4.78, 5) is 57.8. The van der Waals surface area contributed by atoms with E-state index < -0.39 is 34.2 Å². The molecule has 312 valence electrons. The smallest absolute Gasteiger partial charge is 0.412 e. The highest BCUT2D eigenvalue weighted by Gasteiger charge is 2.19.